The first-order chi connectivity index (χ1) is 8.78. The predicted octanol–water partition coefficient (Wildman–Crippen LogP) is 2.50. The molecule has 0 radical (unpaired) electrons. The number of nitrogens with one attached hydrogen (secondary N) is 2. The van der Waals surface area contributed by atoms with Gasteiger partial charge in [-0.2, -0.15) is 0 Å². The van der Waals surface area contributed by atoms with Crippen molar-refractivity contribution < 1.29 is 4.74 Å². The fourth-order valence-electron chi connectivity index (χ4n) is 2.37. The molecule has 0 bridgehead atoms. The Morgan fingerprint density at radius 2 is 2.39 bits per heavy atom. The fraction of sp³-hybridized carbons (Fsp3) is 0.462. The molecule has 18 heavy (non-hydrogen) atoms. The zero-order valence-corrected chi connectivity index (χ0v) is 11.4. The van der Waals surface area contributed by atoms with Crippen molar-refractivity contribution in [1.29, 1.82) is 0 Å². The molecule has 96 valence electrons. The topological polar surface area (TPSA) is 49.9 Å². The minimum absolute atomic E-state index is 0.281. The zero-order valence-electron chi connectivity index (χ0n) is 10.6. The number of aromatic nitrogens is 2. The lowest BCUT2D eigenvalue weighted by atomic mass is 10.2. The second kappa shape index (κ2) is 4.84. The van der Waals surface area contributed by atoms with Gasteiger partial charge >= 0.3 is 0 Å². The monoisotopic (exact) mass is 263 g/mol. The van der Waals surface area contributed by atoms with E-state index in [0.29, 0.717) is 6.10 Å². The Kier molecular flexibility index (Phi) is 3.20. The molecule has 1 fully saturated rings. The summed E-state index contributed by atoms with van der Waals surface area (Å²) in [6, 6.07) is 2.42. The molecule has 2 aromatic heterocycles. The molecule has 2 atom stereocenters. The first-order valence-electron chi connectivity index (χ1n) is 6.13. The second-order valence-electron chi connectivity index (χ2n) is 4.67. The lowest BCUT2D eigenvalue weighted by molar-refractivity contribution is 0.117. The highest BCUT2D eigenvalue weighted by atomic mass is 32.1. The van der Waals surface area contributed by atoms with Gasteiger partial charge in [0.25, 0.3) is 0 Å². The van der Waals surface area contributed by atoms with Crippen molar-refractivity contribution >= 4 is 11.3 Å². The van der Waals surface area contributed by atoms with Crippen LogP contribution in [0.5, 0.6) is 0 Å². The van der Waals surface area contributed by atoms with Gasteiger partial charge in [0.2, 0.25) is 0 Å². The number of rotatable bonds is 3. The molecule has 1 saturated heterocycles. The quantitative estimate of drug-likeness (QED) is 0.894. The number of aromatic amines is 1. The molecule has 0 spiro atoms. The molecule has 4 nitrogen and oxygen atoms in total. The van der Waals surface area contributed by atoms with E-state index in [1.165, 1.54) is 10.4 Å². The Labute approximate surface area is 110 Å². The number of imidazole rings is 1. The highest BCUT2D eigenvalue weighted by Gasteiger charge is 2.27. The summed E-state index contributed by atoms with van der Waals surface area (Å²) < 4.78 is 5.36. The van der Waals surface area contributed by atoms with E-state index in [-0.39, 0.29) is 6.04 Å². The van der Waals surface area contributed by atoms with E-state index in [1.54, 1.807) is 18.4 Å². The number of hydrogen-bond acceptors (Lipinski definition) is 4. The second-order valence-corrected chi connectivity index (χ2v) is 5.59. The number of methoxy groups -OCH3 is 1. The van der Waals surface area contributed by atoms with Gasteiger partial charge in [-0.25, -0.2) is 4.98 Å². The van der Waals surface area contributed by atoms with E-state index < -0.39 is 0 Å². The summed E-state index contributed by atoms with van der Waals surface area (Å²) in [5.41, 5.74) is 2.41. The van der Waals surface area contributed by atoms with Crippen LogP contribution in [0.2, 0.25) is 0 Å². The highest BCUT2D eigenvalue weighted by molar-refractivity contribution is 7.13. The van der Waals surface area contributed by atoms with E-state index in [4.69, 9.17) is 4.74 Å². The van der Waals surface area contributed by atoms with Gasteiger partial charge < -0.3 is 15.0 Å². The Morgan fingerprint density at radius 3 is 3.06 bits per heavy atom. The Morgan fingerprint density at radius 1 is 1.50 bits per heavy atom. The summed E-state index contributed by atoms with van der Waals surface area (Å²) in [6.07, 6.45) is 3.20. The van der Waals surface area contributed by atoms with Gasteiger partial charge in [-0.15, -0.1) is 11.3 Å². The van der Waals surface area contributed by atoms with Crippen LogP contribution >= 0.6 is 11.3 Å². The molecule has 0 amide bonds. The average molecular weight is 263 g/mol. The maximum Gasteiger partial charge on any atom is 0.123 e. The van der Waals surface area contributed by atoms with Crippen LogP contribution in [0.1, 0.15) is 23.9 Å². The molecule has 0 saturated carbocycles. The van der Waals surface area contributed by atoms with Gasteiger partial charge in [0.15, 0.2) is 0 Å². The minimum atomic E-state index is 0.281. The van der Waals surface area contributed by atoms with Crippen LogP contribution in [-0.4, -0.2) is 29.7 Å². The van der Waals surface area contributed by atoms with E-state index in [9.17, 15) is 0 Å². The van der Waals surface area contributed by atoms with Crippen molar-refractivity contribution in [3.05, 3.63) is 29.0 Å². The summed E-state index contributed by atoms with van der Waals surface area (Å²) in [5, 5.41) is 5.54. The molecule has 1 aliphatic rings. The lowest BCUT2D eigenvalue weighted by Gasteiger charge is -2.06. The van der Waals surface area contributed by atoms with Gasteiger partial charge in [-0.05, 0) is 30.4 Å². The number of thiophene rings is 1. The lowest BCUT2D eigenvalue weighted by Crippen LogP contribution is -2.16. The molecular formula is C13H17N3OS. The van der Waals surface area contributed by atoms with Crippen LogP contribution < -0.4 is 5.32 Å². The first kappa shape index (κ1) is 11.9. The van der Waals surface area contributed by atoms with Crippen LogP contribution in [-0.2, 0) is 4.74 Å². The SMILES string of the molecule is COC1CNC(c2ncc(-c3sccc3C)[nH]2)C1. The Balaban J connectivity index is 1.80. The maximum atomic E-state index is 5.36. The smallest absolute Gasteiger partial charge is 0.123 e. The third-order valence-electron chi connectivity index (χ3n) is 3.46. The summed E-state index contributed by atoms with van der Waals surface area (Å²) >= 11 is 1.75. The van der Waals surface area contributed by atoms with E-state index in [2.05, 4.69) is 33.7 Å². The molecule has 5 heteroatoms. The summed E-state index contributed by atoms with van der Waals surface area (Å²) in [7, 11) is 1.76. The zero-order chi connectivity index (χ0) is 12.5. The van der Waals surface area contributed by atoms with E-state index in [0.717, 1.165) is 24.5 Å². The van der Waals surface area contributed by atoms with Crippen molar-refractivity contribution in [2.45, 2.75) is 25.5 Å². The standard InChI is InChI=1S/C13H17N3OS/c1-8-3-4-18-12(8)11-7-15-13(16-11)10-5-9(17-2)6-14-10/h3-4,7,9-10,14H,5-6H2,1-2H3,(H,15,16). The summed E-state index contributed by atoms with van der Waals surface area (Å²) in [6.45, 7) is 3.02. The van der Waals surface area contributed by atoms with Gasteiger partial charge in [0.05, 0.1) is 28.9 Å². The largest absolute Gasteiger partial charge is 0.380 e. The van der Waals surface area contributed by atoms with Crippen molar-refractivity contribution in [3.63, 3.8) is 0 Å². The van der Waals surface area contributed by atoms with Crippen LogP contribution in [0.25, 0.3) is 10.6 Å². The molecule has 3 heterocycles. The molecular weight excluding hydrogens is 246 g/mol. The molecule has 0 aliphatic carbocycles. The van der Waals surface area contributed by atoms with Crippen molar-refractivity contribution in [3.8, 4) is 10.6 Å². The number of hydrogen-bond donors (Lipinski definition) is 2. The van der Waals surface area contributed by atoms with E-state index >= 15 is 0 Å². The van der Waals surface area contributed by atoms with Crippen LogP contribution in [0.3, 0.4) is 0 Å². The molecule has 2 N–H and O–H groups in total. The molecule has 1 aliphatic heterocycles. The number of H-pyrrole nitrogens is 1. The normalized spacial score (nSPS) is 23.7. The molecule has 0 aromatic carbocycles. The Hall–Kier alpha value is -1.17. The van der Waals surface area contributed by atoms with Gasteiger partial charge in [0.1, 0.15) is 5.82 Å². The minimum Gasteiger partial charge on any atom is -0.380 e. The molecule has 3 rings (SSSR count). The van der Waals surface area contributed by atoms with Gasteiger partial charge in [0, 0.05) is 13.7 Å². The average Bonchev–Trinajstić information content (AvgIpc) is 3.07. The summed E-state index contributed by atoms with van der Waals surface area (Å²) in [4.78, 5) is 9.19. The molecule has 2 unspecified atom stereocenters. The van der Waals surface area contributed by atoms with Crippen LogP contribution in [0, 0.1) is 6.92 Å². The summed E-state index contributed by atoms with van der Waals surface area (Å²) in [5.74, 6) is 1.01. The van der Waals surface area contributed by atoms with Crippen LogP contribution in [0.4, 0.5) is 0 Å². The number of nitrogens with zero attached hydrogens (tertiary/aromatic N) is 1. The first-order valence-corrected chi connectivity index (χ1v) is 7.01. The van der Waals surface area contributed by atoms with Crippen molar-refractivity contribution in [2.75, 3.05) is 13.7 Å². The predicted molar refractivity (Wildman–Crippen MR) is 72.8 cm³/mol. The molecule has 2 aromatic rings. The van der Waals surface area contributed by atoms with Crippen molar-refractivity contribution in [2.24, 2.45) is 0 Å². The van der Waals surface area contributed by atoms with Crippen LogP contribution in [0.15, 0.2) is 17.6 Å². The third kappa shape index (κ3) is 2.09. The third-order valence-corrected chi connectivity index (χ3v) is 4.51. The fourth-order valence-corrected chi connectivity index (χ4v) is 3.26. The van der Waals surface area contributed by atoms with Gasteiger partial charge in [-0.3, -0.25) is 0 Å². The van der Waals surface area contributed by atoms with Gasteiger partial charge in [-0.1, -0.05) is 0 Å². The maximum absolute atomic E-state index is 5.36. The Bertz CT molecular complexity index is 534. The number of aryl methyl sites for hydroxylation is 1. The number of ether oxygens (including phenoxy) is 1. The van der Waals surface area contributed by atoms with E-state index in [1.807, 2.05) is 6.20 Å². The van der Waals surface area contributed by atoms with Crippen molar-refractivity contribution in [1.82, 2.24) is 15.3 Å². The highest BCUT2D eigenvalue weighted by Crippen LogP contribution is 2.30.